The predicted octanol–water partition coefficient (Wildman–Crippen LogP) is 1.72. The molecule has 0 aliphatic heterocycles. The lowest BCUT2D eigenvalue weighted by Gasteiger charge is -2.15. The highest BCUT2D eigenvalue weighted by atomic mass is 14.9. The van der Waals surface area contributed by atoms with Gasteiger partial charge in [-0.3, -0.25) is 0 Å². The molecule has 0 amide bonds. The van der Waals surface area contributed by atoms with Crippen molar-refractivity contribution in [3.05, 3.63) is 23.8 Å². The van der Waals surface area contributed by atoms with Gasteiger partial charge in [0, 0.05) is 24.9 Å². The highest BCUT2D eigenvalue weighted by Crippen LogP contribution is 2.33. The van der Waals surface area contributed by atoms with Gasteiger partial charge in [0.05, 0.1) is 0 Å². The Morgan fingerprint density at radius 3 is 2.60 bits per heavy atom. The van der Waals surface area contributed by atoms with Crippen molar-refractivity contribution in [3.63, 3.8) is 0 Å². The number of likely N-dealkylation sites (N-methyl/N-ethyl adjacent to an activating group) is 1. The Balaban J connectivity index is 1.95. The number of nitrogens with one attached hydrogen (secondary N) is 1. The smallest absolute Gasteiger partial charge is 0.129 e. The number of rotatable bonds is 5. The van der Waals surface area contributed by atoms with Crippen LogP contribution in [0.3, 0.4) is 0 Å². The van der Waals surface area contributed by atoms with Crippen LogP contribution in [0.2, 0.25) is 0 Å². The Hall–Kier alpha value is -0.960. The van der Waals surface area contributed by atoms with Crippen molar-refractivity contribution in [3.8, 4) is 0 Å². The van der Waals surface area contributed by atoms with Crippen LogP contribution in [-0.4, -0.2) is 22.6 Å². The Morgan fingerprint density at radius 1 is 1.40 bits per heavy atom. The van der Waals surface area contributed by atoms with Crippen molar-refractivity contribution in [2.24, 2.45) is 5.92 Å². The van der Waals surface area contributed by atoms with E-state index in [1.807, 2.05) is 19.3 Å². The quantitative estimate of drug-likeness (QED) is 0.795. The van der Waals surface area contributed by atoms with Gasteiger partial charge in [-0.05, 0) is 37.8 Å². The summed E-state index contributed by atoms with van der Waals surface area (Å²) in [5.74, 6) is 1.83. The molecular formula is C12H19N3. The van der Waals surface area contributed by atoms with Crippen molar-refractivity contribution >= 4 is 0 Å². The van der Waals surface area contributed by atoms with Crippen LogP contribution < -0.4 is 5.32 Å². The van der Waals surface area contributed by atoms with E-state index in [1.165, 1.54) is 12.8 Å². The molecule has 3 nitrogen and oxygen atoms in total. The molecule has 0 saturated heterocycles. The van der Waals surface area contributed by atoms with Gasteiger partial charge in [-0.15, -0.1) is 0 Å². The van der Waals surface area contributed by atoms with Crippen LogP contribution in [0.5, 0.6) is 0 Å². The summed E-state index contributed by atoms with van der Waals surface area (Å²) in [7, 11) is 0. The maximum absolute atomic E-state index is 4.36. The van der Waals surface area contributed by atoms with Gasteiger partial charge >= 0.3 is 0 Å². The first-order valence-corrected chi connectivity index (χ1v) is 5.80. The van der Waals surface area contributed by atoms with E-state index >= 15 is 0 Å². The normalized spacial score (nSPS) is 17.7. The molecule has 0 bridgehead atoms. The van der Waals surface area contributed by atoms with Crippen LogP contribution in [0.25, 0.3) is 0 Å². The topological polar surface area (TPSA) is 37.8 Å². The summed E-state index contributed by atoms with van der Waals surface area (Å²) >= 11 is 0. The van der Waals surface area contributed by atoms with E-state index < -0.39 is 0 Å². The summed E-state index contributed by atoms with van der Waals surface area (Å²) in [6, 6.07) is 0.581. The van der Waals surface area contributed by atoms with E-state index in [-0.39, 0.29) is 0 Å². The zero-order valence-electron chi connectivity index (χ0n) is 9.53. The van der Waals surface area contributed by atoms with E-state index in [0.717, 1.165) is 30.3 Å². The average Bonchev–Trinajstić information content (AvgIpc) is 3.04. The van der Waals surface area contributed by atoms with Gasteiger partial charge in [-0.1, -0.05) is 6.92 Å². The minimum atomic E-state index is 0.581. The number of hydrogen-bond donors (Lipinski definition) is 1. The molecule has 0 spiro atoms. The molecule has 3 heteroatoms. The largest absolute Gasteiger partial charge is 0.314 e. The lowest BCUT2D eigenvalue weighted by molar-refractivity contribution is 0.463. The Kier molecular flexibility index (Phi) is 3.31. The molecule has 1 unspecified atom stereocenters. The maximum Gasteiger partial charge on any atom is 0.129 e. The van der Waals surface area contributed by atoms with Crippen molar-refractivity contribution in [2.75, 3.05) is 6.54 Å². The van der Waals surface area contributed by atoms with Gasteiger partial charge in [-0.25, -0.2) is 9.97 Å². The lowest BCUT2D eigenvalue weighted by Crippen LogP contribution is -2.33. The van der Waals surface area contributed by atoms with Gasteiger partial charge < -0.3 is 5.32 Å². The molecule has 82 valence electrons. The Labute approximate surface area is 91.3 Å². The molecule has 1 fully saturated rings. The van der Waals surface area contributed by atoms with Crippen molar-refractivity contribution in [1.82, 2.24) is 15.3 Å². The summed E-state index contributed by atoms with van der Waals surface area (Å²) < 4.78 is 0. The summed E-state index contributed by atoms with van der Waals surface area (Å²) in [4.78, 5) is 8.72. The third kappa shape index (κ3) is 2.99. The van der Waals surface area contributed by atoms with Gasteiger partial charge in [0.15, 0.2) is 0 Å². The number of aromatic nitrogens is 2. The van der Waals surface area contributed by atoms with Gasteiger partial charge in [0.25, 0.3) is 0 Å². The van der Waals surface area contributed by atoms with E-state index in [1.54, 1.807) is 0 Å². The summed E-state index contributed by atoms with van der Waals surface area (Å²) in [5.41, 5.74) is 1.13. The molecule has 1 aromatic heterocycles. The summed E-state index contributed by atoms with van der Waals surface area (Å²) in [6.07, 6.45) is 7.50. The number of aryl methyl sites for hydroxylation is 1. The van der Waals surface area contributed by atoms with Crippen LogP contribution in [0.1, 0.15) is 31.2 Å². The van der Waals surface area contributed by atoms with Gasteiger partial charge in [0.2, 0.25) is 0 Å². The maximum atomic E-state index is 4.36. The second-order valence-electron chi connectivity index (χ2n) is 4.38. The number of hydrogen-bond acceptors (Lipinski definition) is 3. The average molecular weight is 205 g/mol. The van der Waals surface area contributed by atoms with Crippen molar-refractivity contribution in [2.45, 2.75) is 39.2 Å². The van der Waals surface area contributed by atoms with Crippen LogP contribution >= 0.6 is 0 Å². The third-order valence-corrected chi connectivity index (χ3v) is 2.89. The zero-order valence-corrected chi connectivity index (χ0v) is 9.53. The first-order chi connectivity index (χ1) is 7.29. The van der Waals surface area contributed by atoms with Crippen molar-refractivity contribution in [1.29, 1.82) is 0 Å². The monoisotopic (exact) mass is 205 g/mol. The van der Waals surface area contributed by atoms with E-state index in [4.69, 9.17) is 0 Å². The fourth-order valence-electron chi connectivity index (χ4n) is 1.89. The number of nitrogens with zero attached hydrogens (tertiary/aromatic N) is 2. The third-order valence-electron chi connectivity index (χ3n) is 2.89. The minimum absolute atomic E-state index is 0.581. The van der Waals surface area contributed by atoms with Gasteiger partial charge in [-0.2, -0.15) is 0 Å². The van der Waals surface area contributed by atoms with Crippen LogP contribution in [0.15, 0.2) is 12.4 Å². The molecular weight excluding hydrogens is 186 g/mol. The highest BCUT2D eigenvalue weighted by molar-refractivity contribution is 5.04. The molecule has 2 rings (SSSR count). The molecule has 1 aliphatic rings. The second-order valence-corrected chi connectivity index (χ2v) is 4.38. The summed E-state index contributed by atoms with van der Waals surface area (Å²) in [6.45, 7) is 5.21. The van der Waals surface area contributed by atoms with Crippen LogP contribution in [0, 0.1) is 12.8 Å². The highest BCUT2D eigenvalue weighted by Gasteiger charge is 2.30. The minimum Gasteiger partial charge on any atom is -0.314 e. The molecule has 15 heavy (non-hydrogen) atoms. The molecule has 0 radical (unpaired) electrons. The van der Waals surface area contributed by atoms with E-state index in [0.29, 0.717) is 6.04 Å². The Morgan fingerprint density at radius 2 is 2.07 bits per heavy atom. The van der Waals surface area contributed by atoms with Crippen LogP contribution in [-0.2, 0) is 6.42 Å². The summed E-state index contributed by atoms with van der Waals surface area (Å²) in [5, 5.41) is 3.53. The molecule has 1 aromatic rings. The molecule has 1 atom stereocenters. The fraction of sp³-hybridized carbons (Fsp3) is 0.667. The first-order valence-electron chi connectivity index (χ1n) is 5.80. The van der Waals surface area contributed by atoms with E-state index in [9.17, 15) is 0 Å². The van der Waals surface area contributed by atoms with Gasteiger partial charge in [0.1, 0.15) is 5.82 Å². The zero-order chi connectivity index (χ0) is 10.7. The Bertz CT molecular complexity index is 303. The molecule has 1 saturated carbocycles. The second kappa shape index (κ2) is 4.71. The predicted molar refractivity (Wildman–Crippen MR) is 60.7 cm³/mol. The first kappa shape index (κ1) is 10.6. The van der Waals surface area contributed by atoms with Crippen LogP contribution in [0.4, 0.5) is 0 Å². The van der Waals surface area contributed by atoms with E-state index in [2.05, 4.69) is 22.2 Å². The van der Waals surface area contributed by atoms with Crippen molar-refractivity contribution < 1.29 is 0 Å². The SMILES string of the molecule is CCNC(Cc1ncc(C)cn1)C1CC1. The standard InChI is InChI=1S/C12H19N3/c1-3-13-11(10-4-5-10)6-12-14-7-9(2)8-15-12/h7-8,10-11,13H,3-6H2,1-2H3. The molecule has 0 aromatic carbocycles. The molecule has 1 N–H and O–H groups in total. The molecule has 1 aliphatic carbocycles. The fourth-order valence-corrected chi connectivity index (χ4v) is 1.89. The lowest BCUT2D eigenvalue weighted by atomic mass is 10.1. The molecule has 1 heterocycles.